The lowest BCUT2D eigenvalue weighted by molar-refractivity contribution is 0.128. The molecule has 0 amide bonds. The number of nitrogens with two attached hydrogens (primary N) is 1. The number of methoxy groups -OCH3 is 1. The van der Waals surface area contributed by atoms with Crippen LogP contribution in [0, 0.1) is 0 Å². The van der Waals surface area contributed by atoms with Gasteiger partial charge in [0.15, 0.2) is 11.5 Å². The molecule has 0 aromatic heterocycles. The van der Waals surface area contributed by atoms with Gasteiger partial charge < -0.3 is 15.2 Å². The predicted octanol–water partition coefficient (Wildman–Crippen LogP) is 2.34. The van der Waals surface area contributed by atoms with E-state index in [1.54, 1.807) is 7.11 Å². The summed E-state index contributed by atoms with van der Waals surface area (Å²) in [6.45, 7) is 0. The quantitative estimate of drug-likeness (QED) is 0.852. The first-order valence-electron chi connectivity index (χ1n) is 5.86. The van der Waals surface area contributed by atoms with Crippen LogP contribution < -0.4 is 15.2 Å². The first kappa shape index (κ1) is 11.3. The van der Waals surface area contributed by atoms with E-state index >= 15 is 0 Å². The lowest BCUT2D eigenvalue weighted by atomic mass is 9.93. The van der Waals surface area contributed by atoms with Gasteiger partial charge in [-0.25, -0.2) is 0 Å². The SMILES string of the molecule is COc1ccccc1OC1CCCCC1N. The number of hydrogen-bond acceptors (Lipinski definition) is 3. The van der Waals surface area contributed by atoms with Crippen LogP contribution in [0.3, 0.4) is 0 Å². The number of benzene rings is 1. The number of rotatable bonds is 3. The van der Waals surface area contributed by atoms with E-state index in [1.807, 2.05) is 24.3 Å². The highest BCUT2D eigenvalue weighted by Crippen LogP contribution is 2.30. The lowest BCUT2D eigenvalue weighted by Gasteiger charge is -2.29. The molecule has 0 bridgehead atoms. The minimum absolute atomic E-state index is 0.130. The third kappa shape index (κ3) is 2.47. The van der Waals surface area contributed by atoms with Crippen LogP contribution in [0.15, 0.2) is 24.3 Å². The Morgan fingerprint density at radius 1 is 1.12 bits per heavy atom. The summed E-state index contributed by atoms with van der Waals surface area (Å²) in [6, 6.07) is 7.88. The Kier molecular flexibility index (Phi) is 3.67. The molecule has 1 aliphatic carbocycles. The van der Waals surface area contributed by atoms with Crippen LogP contribution >= 0.6 is 0 Å². The van der Waals surface area contributed by atoms with E-state index < -0.39 is 0 Å². The van der Waals surface area contributed by atoms with E-state index in [-0.39, 0.29) is 12.1 Å². The van der Waals surface area contributed by atoms with Crippen molar-refractivity contribution < 1.29 is 9.47 Å². The van der Waals surface area contributed by atoms with E-state index in [2.05, 4.69) is 0 Å². The highest BCUT2D eigenvalue weighted by molar-refractivity contribution is 5.39. The van der Waals surface area contributed by atoms with Crippen molar-refractivity contribution in [2.75, 3.05) is 7.11 Å². The zero-order chi connectivity index (χ0) is 11.4. The number of ether oxygens (including phenoxy) is 2. The van der Waals surface area contributed by atoms with Crippen molar-refractivity contribution in [1.29, 1.82) is 0 Å². The molecule has 1 aliphatic rings. The molecule has 0 spiro atoms. The normalized spacial score (nSPS) is 25.1. The van der Waals surface area contributed by atoms with Crippen LogP contribution in [0.2, 0.25) is 0 Å². The van der Waals surface area contributed by atoms with Crippen LogP contribution in [-0.2, 0) is 0 Å². The van der Waals surface area contributed by atoms with Gasteiger partial charge in [0, 0.05) is 6.04 Å². The topological polar surface area (TPSA) is 44.5 Å². The fourth-order valence-corrected chi connectivity index (χ4v) is 2.15. The summed E-state index contributed by atoms with van der Waals surface area (Å²) >= 11 is 0. The molecule has 3 heteroatoms. The molecule has 0 saturated heterocycles. The van der Waals surface area contributed by atoms with E-state index in [0.29, 0.717) is 0 Å². The maximum absolute atomic E-state index is 6.05. The maximum atomic E-state index is 6.05. The molecule has 16 heavy (non-hydrogen) atoms. The average molecular weight is 221 g/mol. The average Bonchev–Trinajstić information content (AvgIpc) is 2.33. The van der Waals surface area contributed by atoms with Gasteiger partial charge in [0.05, 0.1) is 7.11 Å². The van der Waals surface area contributed by atoms with E-state index in [9.17, 15) is 0 Å². The fourth-order valence-electron chi connectivity index (χ4n) is 2.15. The second-order valence-corrected chi connectivity index (χ2v) is 4.26. The van der Waals surface area contributed by atoms with Gasteiger partial charge in [-0.3, -0.25) is 0 Å². The summed E-state index contributed by atoms with van der Waals surface area (Å²) in [5.74, 6) is 1.58. The van der Waals surface area contributed by atoms with Gasteiger partial charge >= 0.3 is 0 Å². The molecular formula is C13H19NO2. The van der Waals surface area contributed by atoms with E-state index in [4.69, 9.17) is 15.2 Å². The number of hydrogen-bond donors (Lipinski definition) is 1. The van der Waals surface area contributed by atoms with Crippen LogP contribution in [0.25, 0.3) is 0 Å². The van der Waals surface area contributed by atoms with Crippen molar-refractivity contribution in [3.63, 3.8) is 0 Å². The van der Waals surface area contributed by atoms with Crippen molar-refractivity contribution in [2.24, 2.45) is 5.73 Å². The molecule has 1 aromatic rings. The Bertz CT molecular complexity index is 340. The molecule has 1 aromatic carbocycles. The van der Waals surface area contributed by atoms with Crippen LogP contribution in [0.5, 0.6) is 11.5 Å². The molecule has 2 unspecified atom stereocenters. The van der Waals surface area contributed by atoms with Crippen molar-refractivity contribution in [1.82, 2.24) is 0 Å². The third-order valence-electron chi connectivity index (χ3n) is 3.10. The van der Waals surface area contributed by atoms with Gasteiger partial charge in [0.1, 0.15) is 6.10 Å². The monoisotopic (exact) mass is 221 g/mol. The van der Waals surface area contributed by atoms with Crippen molar-refractivity contribution in [3.05, 3.63) is 24.3 Å². The van der Waals surface area contributed by atoms with Gasteiger partial charge in [-0.15, -0.1) is 0 Å². The molecule has 88 valence electrons. The largest absolute Gasteiger partial charge is 0.493 e. The van der Waals surface area contributed by atoms with Crippen LogP contribution in [0.1, 0.15) is 25.7 Å². The zero-order valence-corrected chi connectivity index (χ0v) is 9.69. The Balaban J connectivity index is 2.07. The molecule has 0 radical (unpaired) electrons. The van der Waals surface area contributed by atoms with Gasteiger partial charge in [0.2, 0.25) is 0 Å². The Hall–Kier alpha value is -1.22. The van der Waals surface area contributed by atoms with Gasteiger partial charge in [-0.05, 0) is 31.4 Å². The lowest BCUT2D eigenvalue weighted by Crippen LogP contribution is -2.41. The molecule has 2 atom stereocenters. The smallest absolute Gasteiger partial charge is 0.161 e. The summed E-state index contributed by atoms with van der Waals surface area (Å²) in [4.78, 5) is 0. The molecule has 1 fully saturated rings. The molecule has 2 rings (SSSR count). The summed E-state index contributed by atoms with van der Waals surface area (Å²) in [5.41, 5.74) is 6.05. The van der Waals surface area contributed by atoms with Gasteiger partial charge in [-0.1, -0.05) is 18.6 Å². The second-order valence-electron chi connectivity index (χ2n) is 4.26. The number of para-hydroxylation sites is 2. The van der Waals surface area contributed by atoms with Crippen LogP contribution in [-0.4, -0.2) is 19.3 Å². The Labute approximate surface area is 96.5 Å². The van der Waals surface area contributed by atoms with Crippen molar-refractivity contribution >= 4 is 0 Å². The fraction of sp³-hybridized carbons (Fsp3) is 0.538. The zero-order valence-electron chi connectivity index (χ0n) is 9.69. The molecule has 3 nitrogen and oxygen atoms in total. The molecule has 0 aliphatic heterocycles. The molecule has 1 saturated carbocycles. The molecule has 0 heterocycles. The highest BCUT2D eigenvalue weighted by atomic mass is 16.5. The summed E-state index contributed by atoms with van der Waals surface area (Å²) < 4.78 is 11.2. The predicted molar refractivity (Wildman–Crippen MR) is 63.9 cm³/mol. The minimum atomic E-state index is 0.130. The second kappa shape index (κ2) is 5.21. The Morgan fingerprint density at radius 2 is 1.81 bits per heavy atom. The third-order valence-corrected chi connectivity index (χ3v) is 3.10. The summed E-state index contributed by atoms with van der Waals surface area (Å²) in [7, 11) is 1.66. The first-order chi connectivity index (χ1) is 7.81. The first-order valence-corrected chi connectivity index (χ1v) is 5.86. The Morgan fingerprint density at radius 3 is 2.50 bits per heavy atom. The van der Waals surface area contributed by atoms with Crippen LogP contribution in [0.4, 0.5) is 0 Å². The molecular weight excluding hydrogens is 202 g/mol. The van der Waals surface area contributed by atoms with E-state index in [1.165, 1.54) is 12.8 Å². The van der Waals surface area contributed by atoms with Crippen molar-refractivity contribution in [2.45, 2.75) is 37.8 Å². The highest BCUT2D eigenvalue weighted by Gasteiger charge is 2.24. The molecule has 2 N–H and O–H groups in total. The van der Waals surface area contributed by atoms with E-state index in [0.717, 1.165) is 24.3 Å². The van der Waals surface area contributed by atoms with Crippen molar-refractivity contribution in [3.8, 4) is 11.5 Å². The van der Waals surface area contributed by atoms with Gasteiger partial charge in [0.25, 0.3) is 0 Å². The van der Waals surface area contributed by atoms with Gasteiger partial charge in [-0.2, -0.15) is 0 Å². The summed E-state index contributed by atoms with van der Waals surface area (Å²) in [5, 5.41) is 0. The maximum Gasteiger partial charge on any atom is 0.161 e. The standard InChI is InChI=1S/C13H19NO2/c1-15-12-8-4-5-9-13(12)16-11-7-3-2-6-10(11)14/h4-5,8-11H,2-3,6-7,14H2,1H3. The minimum Gasteiger partial charge on any atom is -0.493 e. The summed E-state index contributed by atoms with van der Waals surface area (Å²) in [6.07, 6.45) is 4.64.